The highest BCUT2D eigenvalue weighted by Gasteiger charge is 2.28. The van der Waals surface area contributed by atoms with Crippen LogP contribution in [0, 0.1) is 5.92 Å². The molecular weight excluding hydrogens is 192 g/mol. The Bertz CT molecular complexity index is 201. The van der Waals surface area contributed by atoms with Crippen molar-refractivity contribution in [2.45, 2.75) is 32.2 Å². The third kappa shape index (κ3) is 3.18. The van der Waals surface area contributed by atoms with Gasteiger partial charge in [-0.2, -0.15) is 0 Å². The zero-order chi connectivity index (χ0) is 11.3. The molecule has 88 valence electrons. The van der Waals surface area contributed by atoms with Crippen LogP contribution in [0.5, 0.6) is 0 Å². The van der Waals surface area contributed by atoms with E-state index in [2.05, 4.69) is 11.8 Å². The van der Waals surface area contributed by atoms with E-state index in [1.807, 2.05) is 0 Å². The largest absolute Gasteiger partial charge is 0.468 e. The van der Waals surface area contributed by atoms with Gasteiger partial charge in [-0.05, 0) is 31.8 Å². The lowest BCUT2D eigenvalue weighted by Crippen LogP contribution is -2.49. The Labute approximate surface area is 91.8 Å². The molecule has 15 heavy (non-hydrogen) atoms. The second-order valence-electron chi connectivity index (χ2n) is 4.16. The molecule has 1 aliphatic heterocycles. The summed E-state index contributed by atoms with van der Waals surface area (Å²) >= 11 is 0. The molecule has 0 aromatic carbocycles. The average Bonchev–Trinajstić information content (AvgIpc) is 2.30. The summed E-state index contributed by atoms with van der Waals surface area (Å²) in [6.07, 6.45) is 3.58. The van der Waals surface area contributed by atoms with E-state index < -0.39 is 0 Å². The Hall–Kier alpha value is -0.610. The van der Waals surface area contributed by atoms with Crippen molar-refractivity contribution in [3.05, 3.63) is 0 Å². The van der Waals surface area contributed by atoms with E-state index in [4.69, 9.17) is 10.5 Å². The first-order chi connectivity index (χ1) is 7.22. The van der Waals surface area contributed by atoms with E-state index in [9.17, 15) is 4.79 Å². The van der Waals surface area contributed by atoms with Gasteiger partial charge in [0.25, 0.3) is 0 Å². The second-order valence-corrected chi connectivity index (χ2v) is 4.16. The van der Waals surface area contributed by atoms with Crippen LogP contribution in [0.1, 0.15) is 26.2 Å². The van der Waals surface area contributed by atoms with Crippen molar-refractivity contribution >= 4 is 5.97 Å². The van der Waals surface area contributed by atoms with Gasteiger partial charge >= 0.3 is 5.97 Å². The number of esters is 1. The van der Waals surface area contributed by atoms with Crippen LogP contribution in [0.2, 0.25) is 0 Å². The van der Waals surface area contributed by atoms with Crippen LogP contribution >= 0.6 is 0 Å². The van der Waals surface area contributed by atoms with Gasteiger partial charge in [0.05, 0.1) is 7.11 Å². The fourth-order valence-electron chi connectivity index (χ4n) is 2.20. The Morgan fingerprint density at radius 3 is 2.53 bits per heavy atom. The number of carbonyl (C=O) groups excluding carboxylic acids is 1. The molecule has 1 fully saturated rings. The minimum Gasteiger partial charge on any atom is -0.468 e. The quantitative estimate of drug-likeness (QED) is 0.697. The molecule has 1 unspecified atom stereocenters. The summed E-state index contributed by atoms with van der Waals surface area (Å²) < 4.78 is 4.75. The van der Waals surface area contributed by atoms with Crippen molar-refractivity contribution in [3.8, 4) is 0 Å². The predicted octanol–water partition coefficient (Wildman–Crippen LogP) is 0.609. The minimum absolute atomic E-state index is 0.201. The maximum Gasteiger partial charge on any atom is 0.324 e. The SMILES string of the molecule is CCC1CCN(C(CN)C(=O)OC)CC1. The molecule has 4 heteroatoms. The number of rotatable bonds is 4. The number of nitrogens with zero attached hydrogens (tertiary/aromatic N) is 1. The Morgan fingerprint density at radius 2 is 2.13 bits per heavy atom. The van der Waals surface area contributed by atoms with Gasteiger partial charge in [0.15, 0.2) is 0 Å². The van der Waals surface area contributed by atoms with Crippen molar-refractivity contribution in [3.63, 3.8) is 0 Å². The lowest BCUT2D eigenvalue weighted by atomic mass is 9.93. The molecule has 0 aromatic heterocycles. The summed E-state index contributed by atoms with van der Waals surface area (Å²) in [6.45, 7) is 4.51. The Kier molecular flexibility index (Phi) is 5.05. The molecule has 2 N–H and O–H groups in total. The lowest BCUT2D eigenvalue weighted by Gasteiger charge is -2.35. The summed E-state index contributed by atoms with van der Waals surface area (Å²) in [4.78, 5) is 13.6. The number of hydrogen-bond acceptors (Lipinski definition) is 4. The Morgan fingerprint density at radius 1 is 1.53 bits per heavy atom. The van der Waals surface area contributed by atoms with Gasteiger partial charge in [0, 0.05) is 6.54 Å². The highest BCUT2D eigenvalue weighted by molar-refractivity contribution is 5.75. The molecule has 1 aliphatic rings. The number of hydrogen-bond donors (Lipinski definition) is 1. The van der Waals surface area contributed by atoms with E-state index in [0.717, 1.165) is 19.0 Å². The average molecular weight is 214 g/mol. The van der Waals surface area contributed by atoms with Crippen LogP contribution in [0.4, 0.5) is 0 Å². The summed E-state index contributed by atoms with van der Waals surface area (Å²) in [7, 11) is 1.42. The molecular formula is C11H22N2O2. The van der Waals surface area contributed by atoms with Crippen LogP contribution in [0.3, 0.4) is 0 Å². The van der Waals surface area contributed by atoms with Gasteiger partial charge in [0.1, 0.15) is 6.04 Å². The first-order valence-corrected chi connectivity index (χ1v) is 5.74. The zero-order valence-corrected chi connectivity index (χ0v) is 9.74. The first kappa shape index (κ1) is 12.5. The second kappa shape index (κ2) is 6.08. The summed E-state index contributed by atoms with van der Waals surface area (Å²) in [5, 5.41) is 0. The number of likely N-dealkylation sites (tertiary alicyclic amines) is 1. The van der Waals surface area contributed by atoms with Gasteiger partial charge in [-0.3, -0.25) is 9.69 Å². The minimum atomic E-state index is -0.243. The van der Waals surface area contributed by atoms with Crippen molar-refractivity contribution in [2.75, 3.05) is 26.7 Å². The molecule has 1 saturated heterocycles. The maximum atomic E-state index is 11.4. The zero-order valence-electron chi connectivity index (χ0n) is 9.74. The fourth-order valence-corrected chi connectivity index (χ4v) is 2.20. The molecule has 0 aromatic rings. The molecule has 0 bridgehead atoms. The topological polar surface area (TPSA) is 55.6 Å². The van der Waals surface area contributed by atoms with Crippen molar-refractivity contribution in [1.29, 1.82) is 0 Å². The third-order valence-electron chi connectivity index (χ3n) is 3.36. The number of piperidine rings is 1. The Balaban J connectivity index is 2.46. The van der Waals surface area contributed by atoms with E-state index in [1.54, 1.807) is 0 Å². The fraction of sp³-hybridized carbons (Fsp3) is 0.909. The van der Waals surface area contributed by atoms with Crippen LogP contribution in [0.25, 0.3) is 0 Å². The molecule has 4 nitrogen and oxygen atoms in total. The lowest BCUT2D eigenvalue weighted by molar-refractivity contribution is -0.147. The van der Waals surface area contributed by atoms with E-state index >= 15 is 0 Å². The van der Waals surface area contributed by atoms with Crippen LogP contribution in [0.15, 0.2) is 0 Å². The van der Waals surface area contributed by atoms with Crippen LogP contribution in [-0.4, -0.2) is 43.7 Å². The summed E-state index contributed by atoms with van der Waals surface area (Å²) in [6, 6.07) is -0.243. The molecule has 0 saturated carbocycles. The molecule has 1 atom stereocenters. The highest BCUT2D eigenvalue weighted by Crippen LogP contribution is 2.21. The number of carbonyl (C=O) groups is 1. The molecule has 0 amide bonds. The maximum absolute atomic E-state index is 11.4. The van der Waals surface area contributed by atoms with Crippen molar-refractivity contribution in [2.24, 2.45) is 11.7 Å². The normalized spacial score (nSPS) is 21.3. The van der Waals surface area contributed by atoms with E-state index in [0.29, 0.717) is 6.54 Å². The third-order valence-corrected chi connectivity index (χ3v) is 3.36. The molecule has 1 heterocycles. The molecule has 0 spiro atoms. The predicted molar refractivity (Wildman–Crippen MR) is 59.4 cm³/mol. The molecule has 0 aliphatic carbocycles. The molecule has 0 radical (unpaired) electrons. The van der Waals surface area contributed by atoms with Gasteiger partial charge in [0.2, 0.25) is 0 Å². The van der Waals surface area contributed by atoms with Crippen LogP contribution < -0.4 is 5.73 Å². The van der Waals surface area contributed by atoms with Crippen molar-refractivity contribution in [1.82, 2.24) is 4.90 Å². The highest BCUT2D eigenvalue weighted by atomic mass is 16.5. The van der Waals surface area contributed by atoms with E-state index in [-0.39, 0.29) is 12.0 Å². The van der Waals surface area contributed by atoms with Crippen molar-refractivity contribution < 1.29 is 9.53 Å². The van der Waals surface area contributed by atoms with Gasteiger partial charge < -0.3 is 10.5 Å². The number of methoxy groups -OCH3 is 1. The number of ether oxygens (including phenoxy) is 1. The first-order valence-electron chi connectivity index (χ1n) is 5.74. The number of nitrogens with two attached hydrogens (primary N) is 1. The summed E-state index contributed by atoms with van der Waals surface area (Å²) in [5.41, 5.74) is 5.60. The van der Waals surface area contributed by atoms with Gasteiger partial charge in [-0.15, -0.1) is 0 Å². The van der Waals surface area contributed by atoms with E-state index in [1.165, 1.54) is 26.4 Å². The molecule has 1 rings (SSSR count). The van der Waals surface area contributed by atoms with Gasteiger partial charge in [-0.1, -0.05) is 13.3 Å². The standard InChI is InChI=1S/C11H22N2O2/c1-3-9-4-6-13(7-5-9)10(8-12)11(14)15-2/h9-10H,3-8,12H2,1-2H3. The summed E-state index contributed by atoms with van der Waals surface area (Å²) in [5.74, 6) is 0.616. The smallest absolute Gasteiger partial charge is 0.324 e. The van der Waals surface area contributed by atoms with Crippen LogP contribution in [-0.2, 0) is 9.53 Å². The monoisotopic (exact) mass is 214 g/mol. The van der Waals surface area contributed by atoms with Gasteiger partial charge in [-0.25, -0.2) is 0 Å².